The smallest absolute Gasteiger partial charge is 0.267 e. The highest BCUT2D eigenvalue weighted by Crippen LogP contribution is 2.26. The lowest BCUT2D eigenvalue weighted by atomic mass is 10.2. The van der Waals surface area contributed by atoms with Crippen LogP contribution < -0.4 is 0 Å². The fourth-order valence-corrected chi connectivity index (χ4v) is 1.41. The Hall–Kier alpha value is -1.35. The molecule has 2 aromatic rings. The Morgan fingerprint density at radius 2 is 2.08 bits per heavy atom. The average Bonchev–Trinajstić information content (AvgIpc) is 2.07. The standard InChI is InChI=1S/C9H6ClN2O/c1-5-11-8-6(9(13)12-5)3-2-4-7(8)10/h2-4H,1H3. The molecule has 0 aliphatic rings. The molecule has 0 saturated carbocycles. The maximum atomic E-state index is 11.3. The summed E-state index contributed by atoms with van der Waals surface area (Å²) >= 11 is 5.87. The molecule has 2 rings (SSSR count). The van der Waals surface area contributed by atoms with Crippen LogP contribution in [0, 0.1) is 6.92 Å². The van der Waals surface area contributed by atoms with E-state index in [-0.39, 0.29) is 5.88 Å². The van der Waals surface area contributed by atoms with Gasteiger partial charge in [0.2, 0.25) is 0 Å². The van der Waals surface area contributed by atoms with E-state index in [0.29, 0.717) is 21.7 Å². The predicted molar refractivity (Wildman–Crippen MR) is 49.4 cm³/mol. The Morgan fingerprint density at radius 3 is 2.85 bits per heavy atom. The Labute approximate surface area is 80.0 Å². The van der Waals surface area contributed by atoms with Crippen LogP contribution in [0.15, 0.2) is 18.2 Å². The van der Waals surface area contributed by atoms with E-state index < -0.39 is 0 Å². The number of benzene rings is 1. The van der Waals surface area contributed by atoms with Gasteiger partial charge in [-0.25, -0.2) is 4.98 Å². The maximum Gasteiger partial charge on any atom is 0.280 e. The van der Waals surface area contributed by atoms with Crippen LogP contribution in [0.5, 0.6) is 5.88 Å². The van der Waals surface area contributed by atoms with Crippen LogP contribution in [-0.4, -0.2) is 9.97 Å². The molecule has 0 N–H and O–H groups in total. The van der Waals surface area contributed by atoms with E-state index in [1.54, 1.807) is 25.1 Å². The Morgan fingerprint density at radius 1 is 1.31 bits per heavy atom. The molecule has 13 heavy (non-hydrogen) atoms. The van der Waals surface area contributed by atoms with E-state index in [0.717, 1.165) is 0 Å². The van der Waals surface area contributed by atoms with Crippen molar-refractivity contribution in [3.8, 4) is 5.88 Å². The number of aryl methyl sites for hydroxylation is 1. The zero-order valence-electron chi connectivity index (χ0n) is 6.91. The molecular weight excluding hydrogens is 188 g/mol. The number of aromatic nitrogens is 2. The van der Waals surface area contributed by atoms with Crippen molar-refractivity contribution in [2.45, 2.75) is 6.92 Å². The van der Waals surface area contributed by atoms with E-state index in [1.165, 1.54) is 0 Å². The van der Waals surface area contributed by atoms with E-state index in [2.05, 4.69) is 9.97 Å². The highest BCUT2D eigenvalue weighted by Gasteiger charge is 2.07. The van der Waals surface area contributed by atoms with Gasteiger partial charge in [-0.2, -0.15) is 4.98 Å². The summed E-state index contributed by atoms with van der Waals surface area (Å²) < 4.78 is 0. The van der Waals surface area contributed by atoms with Gasteiger partial charge in [0.25, 0.3) is 5.88 Å². The van der Waals surface area contributed by atoms with Gasteiger partial charge >= 0.3 is 0 Å². The molecule has 1 aromatic carbocycles. The number of hydrogen-bond donors (Lipinski definition) is 0. The lowest BCUT2D eigenvalue weighted by Gasteiger charge is -2.00. The van der Waals surface area contributed by atoms with Crippen molar-refractivity contribution in [3.05, 3.63) is 29.0 Å². The van der Waals surface area contributed by atoms with Gasteiger partial charge in [-0.05, 0) is 19.1 Å². The summed E-state index contributed by atoms with van der Waals surface area (Å²) in [5.41, 5.74) is 0.529. The minimum Gasteiger partial charge on any atom is -0.267 e. The Balaban J connectivity index is 2.94. The van der Waals surface area contributed by atoms with Crippen LogP contribution in [-0.2, 0) is 5.11 Å². The summed E-state index contributed by atoms with van der Waals surface area (Å²) in [5, 5.41) is 12.3. The minimum absolute atomic E-state index is 0.273. The maximum absolute atomic E-state index is 11.3. The van der Waals surface area contributed by atoms with Crippen molar-refractivity contribution < 1.29 is 5.11 Å². The van der Waals surface area contributed by atoms with Gasteiger partial charge in [0, 0.05) is 0 Å². The summed E-state index contributed by atoms with van der Waals surface area (Å²) in [4.78, 5) is 7.81. The minimum atomic E-state index is -0.273. The highest BCUT2D eigenvalue weighted by molar-refractivity contribution is 6.35. The van der Waals surface area contributed by atoms with Gasteiger partial charge in [-0.3, -0.25) is 5.11 Å². The Bertz CT molecular complexity index is 470. The fourth-order valence-electron chi connectivity index (χ4n) is 1.20. The highest BCUT2D eigenvalue weighted by atomic mass is 35.5. The van der Waals surface area contributed by atoms with Crippen LogP contribution >= 0.6 is 11.6 Å². The number of rotatable bonds is 0. The van der Waals surface area contributed by atoms with E-state index in [4.69, 9.17) is 11.6 Å². The third-order valence-corrected chi connectivity index (χ3v) is 2.06. The van der Waals surface area contributed by atoms with Crippen LogP contribution in [0.4, 0.5) is 0 Å². The predicted octanol–water partition coefficient (Wildman–Crippen LogP) is 2.74. The molecule has 1 aromatic heterocycles. The van der Waals surface area contributed by atoms with Crippen LogP contribution in [0.2, 0.25) is 5.02 Å². The first-order valence-corrected chi connectivity index (χ1v) is 4.16. The molecule has 0 fully saturated rings. The number of hydrogen-bond acceptors (Lipinski definition) is 2. The second kappa shape index (κ2) is 2.85. The molecule has 4 heteroatoms. The molecule has 0 unspecified atom stereocenters. The van der Waals surface area contributed by atoms with E-state index in [9.17, 15) is 5.11 Å². The molecule has 0 spiro atoms. The third kappa shape index (κ3) is 1.31. The number of halogens is 1. The Kier molecular flexibility index (Phi) is 1.81. The second-order valence-corrected chi connectivity index (χ2v) is 3.12. The number of para-hydroxylation sites is 1. The average molecular weight is 194 g/mol. The zero-order chi connectivity index (χ0) is 9.42. The second-order valence-electron chi connectivity index (χ2n) is 2.71. The first kappa shape index (κ1) is 8.26. The molecule has 0 aliphatic heterocycles. The summed E-state index contributed by atoms with van der Waals surface area (Å²) in [6.45, 7) is 1.67. The first-order valence-electron chi connectivity index (χ1n) is 3.78. The van der Waals surface area contributed by atoms with E-state index >= 15 is 0 Å². The number of nitrogens with zero attached hydrogens (tertiary/aromatic N) is 2. The largest absolute Gasteiger partial charge is 0.280 e. The zero-order valence-corrected chi connectivity index (χ0v) is 7.67. The molecule has 65 valence electrons. The lowest BCUT2D eigenvalue weighted by molar-refractivity contribution is 0.341. The normalized spacial score (nSPS) is 10.6. The molecule has 0 saturated heterocycles. The SMILES string of the molecule is Cc1nc([O])c2cccc(Cl)c2n1. The van der Waals surface area contributed by atoms with Gasteiger partial charge in [0.15, 0.2) is 0 Å². The van der Waals surface area contributed by atoms with E-state index in [1.807, 2.05) is 0 Å². The van der Waals surface area contributed by atoms with Gasteiger partial charge in [-0.1, -0.05) is 17.7 Å². The molecular formula is C9H6ClN2O. The summed E-state index contributed by atoms with van der Waals surface area (Å²) in [5.74, 6) is 0.176. The van der Waals surface area contributed by atoms with Gasteiger partial charge in [0.1, 0.15) is 5.82 Å². The summed E-state index contributed by atoms with van der Waals surface area (Å²) in [6.07, 6.45) is 0. The van der Waals surface area contributed by atoms with Gasteiger partial charge in [-0.15, -0.1) is 0 Å². The fraction of sp³-hybridized carbons (Fsp3) is 0.111. The lowest BCUT2D eigenvalue weighted by Crippen LogP contribution is -1.89. The van der Waals surface area contributed by atoms with Crippen LogP contribution in [0.25, 0.3) is 10.9 Å². The van der Waals surface area contributed by atoms with Crippen molar-refractivity contribution in [2.24, 2.45) is 0 Å². The molecule has 3 nitrogen and oxygen atoms in total. The third-order valence-electron chi connectivity index (χ3n) is 1.75. The molecule has 1 radical (unpaired) electrons. The molecule has 0 bridgehead atoms. The topological polar surface area (TPSA) is 45.7 Å². The van der Waals surface area contributed by atoms with Crippen molar-refractivity contribution in [1.82, 2.24) is 9.97 Å². The molecule has 0 atom stereocenters. The first-order chi connectivity index (χ1) is 6.18. The van der Waals surface area contributed by atoms with Crippen molar-refractivity contribution in [2.75, 3.05) is 0 Å². The number of fused-ring (bicyclic) bond motifs is 1. The molecule has 0 aliphatic carbocycles. The quantitative estimate of drug-likeness (QED) is 0.646. The van der Waals surface area contributed by atoms with Gasteiger partial charge < -0.3 is 0 Å². The van der Waals surface area contributed by atoms with Crippen molar-refractivity contribution in [1.29, 1.82) is 0 Å². The van der Waals surface area contributed by atoms with Gasteiger partial charge in [0.05, 0.1) is 15.9 Å². The summed E-state index contributed by atoms with van der Waals surface area (Å²) in [6, 6.07) is 5.09. The molecule has 0 amide bonds. The van der Waals surface area contributed by atoms with Crippen LogP contribution in [0.1, 0.15) is 5.82 Å². The van der Waals surface area contributed by atoms with Crippen molar-refractivity contribution in [3.63, 3.8) is 0 Å². The molecule has 1 heterocycles. The van der Waals surface area contributed by atoms with Crippen LogP contribution in [0.3, 0.4) is 0 Å². The summed E-state index contributed by atoms with van der Waals surface area (Å²) in [7, 11) is 0. The van der Waals surface area contributed by atoms with Crippen molar-refractivity contribution >= 4 is 22.5 Å². The monoisotopic (exact) mass is 193 g/mol.